The molecule has 1 saturated heterocycles. The zero-order valence-electron chi connectivity index (χ0n) is 10.2. The molecule has 98 valence electrons. The Morgan fingerprint density at radius 2 is 2.06 bits per heavy atom. The third-order valence-electron chi connectivity index (χ3n) is 3.39. The fraction of sp³-hybridized carbons (Fsp3) is 0.750. The first-order chi connectivity index (χ1) is 8.61. The summed E-state index contributed by atoms with van der Waals surface area (Å²) >= 11 is 0. The van der Waals surface area contributed by atoms with Crippen LogP contribution in [-0.2, 0) is 4.79 Å². The molecule has 0 aromatic heterocycles. The van der Waals surface area contributed by atoms with E-state index in [0.717, 1.165) is 12.8 Å². The van der Waals surface area contributed by atoms with Gasteiger partial charge in [0.05, 0.1) is 18.9 Å². The van der Waals surface area contributed by atoms with Crippen LogP contribution in [0.25, 0.3) is 0 Å². The summed E-state index contributed by atoms with van der Waals surface area (Å²) in [4.78, 5) is 26.1. The summed E-state index contributed by atoms with van der Waals surface area (Å²) in [6.45, 7) is 1.54. The number of hydrogen-bond donors (Lipinski definition) is 1. The molecule has 0 atom stereocenters. The van der Waals surface area contributed by atoms with Crippen molar-refractivity contribution in [2.45, 2.75) is 31.7 Å². The minimum Gasteiger partial charge on any atom is -0.481 e. The van der Waals surface area contributed by atoms with Crippen LogP contribution in [0.15, 0.2) is 0 Å². The van der Waals surface area contributed by atoms with Gasteiger partial charge in [0.1, 0.15) is 0 Å². The fourth-order valence-electron chi connectivity index (χ4n) is 2.27. The Bertz CT molecular complexity index is 381. The standard InChI is InChI=1S/C12H17N3O3/c13-4-1-5-15(10-2-3-10)12(18)14-7-9(8-14)6-11(16)17/h9-10H,1-3,5-8H2,(H,16,17). The number of likely N-dealkylation sites (tertiary alicyclic amines) is 1. The summed E-state index contributed by atoms with van der Waals surface area (Å²) in [5, 5.41) is 17.2. The van der Waals surface area contributed by atoms with Crippen LogP contribution in [0.3, 0.4) is 0 Å². The molecule has 6 heteroatoms. The monoisotopic (exact) mass is 251 g/mol. The quantitative estimate of drug-likeness (QED) is 0.786. The van der Waals surface area contributed by atoms with Crippen LogP contribution >= 0.6 is 0 Å². The molecule has 0 bridgehead atoms. The smallest absolute Gasteiger partial charge is 0.320 e. The van der Waals surface area contributed by atoms with Gasteiger partial charge in [-0.3, -0.25) is 4.79 Å². The highest BCUT2D eigenvalue weighted by atomic mass is 16.4. The van der Waals surface area contributed by atoms with Crippen molar-refractivity contribution in [3.8, 4) is 6.07 Å². The van der Waals surface area contributed by atoms with Gasteiger partial charge in [-0.05, 0) is 12.8 Å². The van der Waals surface area contributed by atoms with E-state index >= 15 is 0 Å². The number of amides is 2. The largest absolute Gasteiger partial charge is 0.481 e. The van der Waals surface area contributed by atoms with Crippen molar-refractivity contribution < 1.29 is 14.7 Å². The number of nitrogens with zero attached hydrogens (tertiary/aromatic N) is 3. The molecule has 6 nitrogen and oxygen atoms in total. The summed E-state index contributed by atoms with van der Waals surface area (Å²) in [7, 11) is 0. The average Bonchev–Trinajstić information content (AvgIpc) is 3.07. The molecule has 0 radical (unpaired) electrons. The van der Waals surface area contributed by atoms with Crippen molar-refractivity contribution >= 4 is 12.0 Å². The van der Waals surface area contributed by atoms with Crippen LogP contribution in [0.1, 0.15) is 25.7 Å². The second-order valence-corrected chi connectivity index (χ2v) is 4.98. The number of carbonyl (C=O) groups excluding carboxylic acids is 1. The van der Waals surface area contributed by atoms with Crippen LogP contribution in [0, 0.1) is 17.2 Å². The molecule has 0 aromatic carbocycles. The van der Waals surface area contributed by atoms with E-state index in [2.05, 4.69) is 6.07 Å². The van der Waals surface area contributed by atoms with E-state index in [4.69, 9.17) is 10.4 Å². The number of carbonyl (C=O) groups is 2. The van der Waals surface area contributed by atoms with Gasteiger partial charge in [0, 0.05) is 31.6 Å². The Balaban J connectivity index is 1.80. The van der Waals surface area contributed by atoms with E-state index in [1.807, 2.05) is 0 Å². The summed E-state index contributed by atoms with van der Waals surface area (Å²) in [6.07, 6.45) is 2.52. The molecule has 1 saturated carbocycles. The van der Waals surface area contributed by atoms with Gasteiger partial charge < -0.3 is 14.9 Å². The number of nitriles is 1. The highest BCUT2D eigenvalue weighted by Gasteiger charge is 2.39. The lowest BCUT2D eigenvalue weighted by molar-refractivity contribution is -0.139. The zero-order valence-corrected chi connectivity index (χ0v) is 10.2. The highest BCUT2D eigenvalue weighted by molar-refractivity contribution is 5.76. The van der Waals surface area contributed by atoms with Gasteiger partial charge in [0.25, 0.3) is 0 Å². The topological polar surface area (TPSA) is 84.6 Å². The number of urea groups is 1. The molecule has 2 fully saturated rings. The van der Waals surface area contributed by atoms with E-state index in [1.165, 1.54) is 0 Å². The lowest BCUT2D eigenvalue weighted by Crippen LogP contribution is -2.55. The number of carboxylic acid groups (broad SMARTS) is 1. The van der Waals surface area contributed by atoms with Gasteiger partial charge >= 0.3 is 12.0 Å². The number of aliphatic carboxylic acids is 1. The predicted octanol–water partition coefficient (Wildman–Crippen LogP) is 0.891. The van der Waals surface area contributed by atoms with Crippen molar-refractivity contribution in [1.29, 1.82) is 5.26 Å². The molecule has 1 N–H and O–H groups in total. The van der Waals surface area contributed by atoms with Crippen molar-refractivity contribution in [3.05, 3.63) is 0 Å². The van der Waals surface area contributed by atoms with Crippen LogP contribution < -0.4 is 0 Å². The first-order valence-electron chi connectivity index (χ1n) is 6.26. The summed E-state index contributed by atoms with van der Waals surface area (Å²) in [6, 6.07) is 2.32. The predicted molar refractivity (Wildman–Crippen MR) is 62.7 cm³/mol. The van der Waals surface area contributed by atoms with Gasteiger partial charge in [0.15, 0.2) is 0 Å². The molecule has 0 unspecified atom stereocenters. The van der Waals surface area contributed by atoms with Crippen LogP contribution in [0.4, 0.5) is 4.79 Å². The maximum absolute atomic E-state index is 12.1. The van der Waals surface area contributed by atoms with Crippen LogP contribution in [0.5, 0.6) is 0 Å². The first-order valence-corrected chi connectivity index (χ1v) is 6.26. The summed E-state index contributed by atoms with van der Waals surface area (Å²) in [5.74, 6) is -0.723. The maximum Gasteiger partial charge on any atom is 0.320 e. The molecule has 0 aromatic rings. The van der Waals surface area contributed by atoms with Crippen LogP contribution in [-0.4, -0.2) is 52.6 Å². The second-order valence-electron chi connectivity index (χ2n) is 4.98. The molecular weight excluding hydrogens is 234 g/mol. The van der Waals surface area contributed by atoms with Gasteiger partial charge in [-0.1, -0.05) is 0 Å². The van der Waals surface area contributed by atoms with Crippen molar-refractivity contribution in [3.63, 3.8) is 0 Å². The molecule has 1 aliphatic heterocycles. The Labute approximate surface area is 106 Å². The SMILES string of the molecule is N#CCCN(C(=O)N1CC(CC(=O)O)C1)C1CC1. The number of carboxylic acids is 1. The Morgan fingerprint density at radius 1 is 1.39 bits per heavy atom. The Kier molecular flexibility index (Phi) is 3.70. The second kappa shape index (κ2) is 5.25. The zero-order chi connectivity index (χ0) is 13.1. The summed E-state index contributed by atoms with van der Waals surface area (Å²) < 4.78 is 0. The molecule has 1 aliphatic carbocycles. The van der Waals surface area contributed by atoms with E-state index in [1.54, 1.807) is 9.80 Å². The van der Waals surface area contributed by atoms with E-state index in [9.17, 15) is 9.59 Å². The molecule has 1 heterocycles. The third kappa shape index (κ3) is 2.92. The van der Waals surface area contributed by atoms with Gasteiger partial charge in [-0.15, -0.1) is 0 Å². The van der Waals surface area contributed by atoms with Gasteiger partial charge in [-0.2, -0.15) is 5.26 Å². The lowest BCUT2D eigenvalue weighted by atomic mass is 9.97. The molecule has 2 rings (SSSR count). The maximum atomic E-state index is 12.1. The molecular formula is C12H17N3O3. The van der Waals surface area contributed by atoms with Crippen LogP contribution in [0.2, 0.25) is 0 Å². The minimum atomic E-state index is -0.810. The molecule has 0 spiro atoms. The molecule has 2 amide bonds. The Hall–Kier alpha value is -1.77. The number of hydrogen-bond acceptors (Lipinski definition) is 3. The summed E-state index contributed by atoms with van der Waals surface area (Å²) in [5.41, 5.74) is 0. The Morgan fingerprint density at radius 3 is 2.56 bits per heavy atom. The third-order valence-corrected chi connectivity index (χ3v) is 3.39. The lowest BCUT2D eigenvalue weighted by Gasteiger charge is -2.41. The van der Waals surface area contributed by atoms with Crippen molar-refractivity contribution in [2.75, 3.05) is 19.6 Å². The van der Waals surface area contributed by atoms with E-state index < -0.39 is 5.97 Å². The highest BCUT2D eigenvalue weighted by Crippen LogP contribution is 2.30. The van der Waals surface area contributed by atoms with Crippen molar-refractivity contribution in [2.24, 2.45) is 5.92 Å². The van der Waals surface area contributed by atoms with Gasteiger partial charge in [0.2, 0.25) is 0 Å². The van der Waals surface area contributed by atoms with E-state index in [0.29, 0.717) is 32.1 Å². The first kappa shape index (κ1) is 12.7. The number of rotatable bonds is 5. The molecule has 18 heavy (non-hydrogen) atoms. The molecule has 2 aliphatic rings. The average molecular weight is 251 g/mol. The normalized spacial score (nSPS) is 18.9. The van der Waals surface area contributed by atoms with Crippen molar-refractivity contribution in [1.82, 2.24) is 9.80 Å². The minimum absolute atomic E-state index is 0.0330. The van der Waals surface area contributed by atoms with Gasteiger partial charge in [-0.25, -0.2) is 4.79 Å². The van der Waals surface area contributed by atoms with E-state index in [-0.39, 0.29) is 18.4 Å². The fourth-order valence-corrected chi connectivity index (χ4v) is 2.27.